The number of hydrogen-bond donors (Lipinski definition) is 0. The number of ketones is 1. The number of carbonyl (C=O) groups excluding carboxylic acids is 1. The van der Waals surface area contributed by atoms with Crippen LogP contribution in [0.3, 0.4) is 0 Å². The van der Waals surface area contributed by atoms with Gasteiger partial charge in [0.25, 0.3) is 0 Å². The van der Waals surface area contributed by atoms with Crippen LogP contribution in [0, 0.1) is 0 Å². The summed E-state index contributed by atoms with van der Waals surface area (Å²) in [5.74, 6) is -0.156. The maximum Gasteiger partial charge on any atom is 0.207 e. The number of carbonyl (C=O) groups is 1. The van der Waals surface area contributed by atoms with E-state index in [1.165, 1.54) is 6.20 Å². The van der Waals surface area contributed by atoms with Crippen molar-refractivity contribution < 1.29 is 14.3 Å². The molecule has 0 fully saturated rings. The molecule has 5 nitrogen and oxygen atoms in total. The summed E-state index contributed by atoms with van der Waals surface area (Å²) in [6, 6.07) is 0. The van der Waals surface area contributed by atoms with Gasteiger partial charge in [-0.05, 0) is 6.42 Å². The molecule has 0 radical (unpaired) electrons. The van der Waals surface area contributed by atoms with Crippen molar-refractivity contribution >= 4 is 17.4 Å². The van der Waals surface area contributed by atoms with Crippen molar-refractivity contribution in [2.75, 3.05) is 26.9 Å². The van der Waals surface area contributed by atoms with Crippen molar-refractivity contribution in [1.82, 2.24) is 9.78 Å². The minimum atomic E-state index is -0.156. The Morgan fingerprint density at radius 3 is 2.94 bits per heavy atom. The van der Waals surface area contributed by atoms with Gasteiger partial charge in [0.15, 0.2) is 0 Å². The molecule has 1 rings (SSSR count). The first kappa shape index (κ1) is 14.2. The molecule has 0 aliphatic rings. The van der Waals surface area contributed by atoms with Crippen molar-refractivity contribution in [3.05, 3.63) is 16.9 Å². The van der Waals surface area contributed by atoms with E-state index in [9.17, 15) is 4.79 Å². The fraction of sp³-hybridized carbons (Fsp3) is 0.636. The predicted octanol–water partition coefficient (Wildman–Crippen LogP) is 1.79. The first-order valence-corrected chi connectivity index (χ1v) is 5.89. The molecule has 1 heterocycles. The topological polar surface area (TPSA) is 53.4 Å². The van der Waals surface area contributed by atoms with E-state index in [1.807, 2.05) is 6.92 Å². The van der Waals surface area contributed by atoms with E-state index in [-0.39, 0.29) is 12.4 Å². The van der Waals surface area contributed by atoms with Crippen LogP contribution in [0.25, 0.3) is 0 Å². The highest BCUT2D eigenvalue weighted by Gasteiger charge is 2.16. The molecular weight excluding hydrogens is 244 g/mol. The van der Waals surface area contributed by atoms with Crippen molar-refractivity contribution in [1.29, 1.82) is 0 Å². The molecular formula is C11H17ClN2O3. The summed E-state index contributed by atoms with van der Waals surface area (Å²) in [7, 11) is 1.58. The highest BCUT2D eigenvalue weighted by atomic mass is 35.5. The molecule has 96 valence electrons. The third-order valence-corrected chi connectivity index (χ3v) is 2.44. The molecule has 0 amide bonds. The predicted molar refractivity (Wildman–Crippen MR) is 64.6 cm³/mol. The van der Waals surface area contributed by atoms with Crippen LogP contribution in [0.15, 0.2) is 6.20 Å². The number of hydrogen-bond acceptors (Lipinski definition) is 4. The largest absolute Gasteiger partial charge is 0.382 e. The van der Waals surface area contributed by atoms with Crippen LogP contribution in [0.2, 0.25) is 5.02 Å². The lowest BCUT2D eigenvalue weighted by Gasteiger charge is -2.06. The number of ether oxygens (including phenoxy) is 2. The number of Topliss-reactive ketones (excluding diaryl/α,β-unsaturated/α-hetero) is 1. The van der Waals surface area contributed by atoms with Gasteiger partial charge in [0.1, 0.15) is 12.3 Å². The molecule has 0 bridgehead atoms. The molecule has 0 spiro atoms. The zero-order chi connectivity index (χ0) is 12.7. The first-order valence-electron chi connectivity index (χ1n) is 5.51. The number of aryl methyl sites for hydroxylation is 1. The third kappa shape index (κ3) is 4.11. The fourth-order valence-corrected chi connectivity index (χ4v) is 1.64. The third-order valence-electron chi connectivity index (χ3n) is 2.16. The summed E-state index contributed by atoms with van der Waals surface area (Å²) < 4.78 is 11.6. The van der Waals surface area contributed by atoms with Gasteiger partial charge in [0.05, 0.1) is 24.4 Å². The standard InChI is InChI=1S/C11H17ClN2O3/c1-3-4-14-11(9(12)7-13-14)10(15)8-17-6-5-16-2/h7H,3-6,8H2,1-2H3. The summed E-state index contributed by atoms with van der Waals surface area (Å²) in [6.45, 7) is 3.54. The summed E-state index contributed by atoms with van der Waals surface area (Å²) >= 11 is 5.93. The van der Waals surface area contributed by atoms with Crippen LogP contribution in [0.1, 0.15) is 23.8 Å². The van der Waals surface area contributed by atoms with Gasteiger partial charge in [0.2, 0.25) is 5.78 Å². The number of nitrogens with zero attached hydrogens (tertiary/aromatic N) is 2. The molecule has 1 aromatic heterocycles. The highest BCUT2D eigenvalue weighted by molar-refractivity contribution is 6.33. The molecule has 6 heteroatoms. The molecule has 17 heavy (non-hydrogen) atoms. The Hall–Kier alpha value is -0.910. The summed E-state index contributed by atoms with van der Waals surface area (Å²) in [4.78, 5) is 11.9. The Labute approximate surface area is 106 Å². The maximum atomic E-state index is 11.9. The smallest absolute Gasteiger partial charge is 0.207 e. The zero-order valence-corrected chi connectivity index (χ0v) is 10.9. The minimum absolute atomic E-state index is 0.00150. The Morgan fingerprint density at radius 2 is 2.29 bits per heavy atom. The van der Waals surface area contributed by atoms with E-state index in [1.54, 1.807) is 11.8 Å². The molecule has 0 aliphatic carbocycles. The average molecular weight is 261 g/mol. The SMILES string of the molecule is CCCn1ncc(Cl)c1C(=O)COCCOC. The molecule has 0 N–H and O–H groups in total. The van der Waals surface area contributed by atoms with Gasteiger partial charge in [-0.2, -0.15) is 5.10 Å². The Bertz CT molecular complexity index is 366. The average Bonchev–Trinajstić information content (AvgIpc) is 2.66. The van der Waals surface area contributed by atoms with Crippen LogP contribution in [0.4, 0.5) is 0 Å². The molecule has 1 aromatic rings. The monoisotopic (exact) mass is 260 g/mol. The second-order valence-corrected chi connectivity index (χ2v) is 3.94. The van der Waals surface area contributed by atoms with Gasteiger partial charge in [-0.1, -0.05) is 18.5 Å². The van der Waals surface area contributed by atoms with Crippen LogP contribution >= 0.6 is 11.6 Å². The lowest BCUT2D eigenvalue weighted by molar-refractivity contribution is 0.0569. The highest BCUT2D eigenvalue weighted by Crippen LogP contribution is 2.16. The minimum Gasteiger partial charge on any atom is -0.382 e. The fourth-order valence-electron chi connectivity index (χ4n) is 1.40. The van der Waals surface area contributed by atoms with E-state index < -0.39 is 0 Å². The van der Waals surface area contributed by atoms with E-state index in [0.29, 0.717) is 30.5 Å². The molecule has 0 atom stereocenters. The van der Waals surface area contributed by atoms with Gasteiger partial charge < -0.3 is 9.47 Å². The quantitative estimate of drug-likeness (QED) is 0.528. The second-order valence-electron chi connectivity index (χ2n) is 3.53. The number of aromatic nitrogens is 2. The Balaban J connectivity index is 2.58. The normalized spacial score (nSPS) is 10.8. The van der Waals surface area contributed by atoms with Gasteiger partial charge in [0, 0.05) is 13.7 Å². The molecule has 0 aliphatic heterocycles. The van der Waals surface area contributed by atoms with Gasteiger partial charge >= 0.3 is 0 Å². The summed E-state index contributed by atoms with van der Waals surface area (Å²) in [5, 5.41) is 4.43. The van der Waals surface area contributed by atoms with Crippen LogP contribution < -0.4 is 0 Å². The Morgan fingerprint density at radius 1 is 1.53 bits per heavy atom. The zero-order valence-electron chi connectivity index (χ0n) is 10.1. The molecule has 0 aromatic carbocycles. The van der Waals surface area contributed by atoms with E-state index >= 15 is 0 Å². The second kappa shape index (κ2) is 7.42. The van der Waals surface area contributed by atoms with Crippen molar-refractivity contribution in [2.45, 2.75) is 19.9 Å². The van der Waals surface area contributed by atoms with E-state index in [4.69, 9.17) is 21.1 Å². The van der Waals surface area contributed by atoms with Crippen molar-refractivity contribution in [2.24, 2.45) is 0 Å². The maximum absolute atomic E-state index is 11.9. The first-order chi connectivity index (χ1) is 8.20. The molecule has 0 saturated carbocycles. The lowest BCUT2D eigenvalue weighted by Crippen LogP contribution is -2.17. The molecule has 0 saturated heterocycles. The number of methoxy groups -OCH3 is 1. The number of halogens is 1. The van der Waals surface area contributed by atoms with Crippen LogP contribution in [-0.2, 0) is 16.0 Å². The summed E-state index contributed by atoms with van der Waals surface area (Å²) in [5.41, 5.74) is 0.422. The lowest BCUT2D eigenvalue weighted by atomic mass is 10.3. The van der Waals surface area contributed by atoms with Crippen molar-refractivity contribution in [3.8, 4) is 0 Å². The van der Waals surface area contributed by atoms with Gasteiger partial charge in [-0.3, -0.25) is 9.48 Å². The molecule has 0 unspecified atom stereocenters. The Kier molecular flexibility index (Phi) is 6.18. The number of rotatable bonds is 8. The van der Waals surface area contributed by atoms with Crippen molar-refractivity contribution in [3.63, 3.8) is 0 Å². The van der Waals surface area contributed by atoms with Crippen LogP contribution in [0.5, 0.6) is 0 Å². The van der Waals surface area contributed by atoms with Gasteiger partial charge in [-0.15, -0.1) is 0 Å². The van der Waals surface area contributed by atoms with E-state index in [0.717, 1.165) is 6.42 Å². The summed E-state index contributed by atoms with van der Waals surface area (Å²) in [6.07, 6.45) is 2.38. The van der Waals surface area contributed by atoms with E-state index in [2.05, 4.69) is 5.10 Å². The van der Waals surface area contributed by atoms with Gasteiger partial charge in [-0.25, -0.2) is 0 Å². The van der Waals surface area contributed by atoms with Crippen LogP contribution in [-0.4, -0.2) is 42.5 Å².